The molecule has 1 aromatic carbocycles. The second-order valence-corrected chi connectivity index (χ2v) is 8.69. The minimum Gasteiger partial charge on any atom is -0.394 e. The molecule has 8 nitrogen and oxygen atoms in total. The highest BCUT2D eigenvalue weighted by atomic mass is 35.5. The summed E-state index contributed by atoms with van der Waals surface area (Å²) in [6.07, 6.45) is -2.45. The van der Waals surface area contributed by atoms with E-state index in [1.54, 1.807) is 12.2 Å². The number of ether oxygens (including phenoxy) is 1. The Morgan fingerprint density at radius 1 is 1.19 bits per heavy atom. The molecule has 0 saturated carbocycles. The summed E-state index contributed by atoms with van der Waals surface area (Å²) in [7, 11) is 0. The minimum absolute atomic E-state index is 0.344. The maximum atomic E-state index is 10.9. The summed E-state index contributed by atoms with van der Waals surface area (Å²) < 4.78 is 19.0. The van der Waals surface area contributed by atoms with Gasteiger partial charge in [0.2, 0.25) is 0 Å². The Labute approximate surface area is 189 Å². The van der Waals surface area contributed by atoms with Gasteiger partial charge in [0.05, 0.1) is 6.61 Å². The van der Waals surface area contributed by atoms with Crippen LogP contribution in [0.2, 0.25) is 0 Å². The quantitative estimate of drug-likeness (QED) is 0.285. The van der Waals surface area contributed by atoms with Crippen LogP contribution >= 0.6 is 11.6 Å². The van der Waals surface area contributed by atoms with Gasteiger partial charge in [-0.05, 0) is 36.1 Å². The molecule has 1 aliphatic heterocycles. The van der Waals surface area contributed by atoms with E-state index in [9.17, 15) is 24.6 Å². The first-order chi connectivity index (χ1) is 14.6. The summed E-state index contributed by atoms with van der Waals surface area (Å²) in [6, 6.07) is 7.71. The highest BCUT2D eigenvalue weighted by molar-refractivity contribution is 7.80. The SMILES string of the molecule is C=C(/C=C\C(Cl)=C(/C)Cc1ccc(CNS(N)=O)cc1)[C@@H]1O[C@H](CO)[C@@H](O)[C@H](O)[C@H]1O. The molecule has 7 N–H and O–H groups in total. The number of allylic oxidation sites excluding steroid dienone is 3. The first-order valence-electron chi connectivity index (χ1n) is 9.64. The molecular weight excluding hydrogens is 444 g/mol. The van der Waals surface area contributed by atoms with E-state index in [0.717, 1.165) is 16.7 Å². The van der Waals surface area contributed by atoms with Crippen LogP contribution in [0.15, 0.2) is 59.2 Å². The molecule has 1 heterocycles. The van der Waals surface area contributed by atoms with Crippen molar-refractivity contribution in [2.75, 3.05) is 6.61 Å². The fourth-order valence-electron chi connectivity index (χ4n) is 3.15. The molecule has 0 aromatic heterocycles. The first kappa shape index (κ1) is 25.9. The Morgan fingerprint density at radius 2 is 1.81 bits per heavy atom. The average molecular weight is 473 g/mol. The van der Waals surface area contributed by atoms with Crippen molar-refractivity contribution < 1.29 is 29.4 Å². The maximum Gasteiger partial charge on any atom is 0.164 e. The molecule has 31 heavy (non-hydrogen) atoms. The van der Waals surface area contributed by atoms with Gasteiger partial charge >= 0.3 is 0 Å². The van der Waals surface area contributed by atoms with Crippen molar-refractivity contribution >= 4 is 22.8 Å². The Balaban J connectivity index is 2.00. The lowest BCUT2D eigenvalue weighted by Crippen LogP contribution is -2.58. The molecule has 6 atom stereocenters. The van der Waals surface area contributed by atoms with Gasteiger partial charge in [0, 0.05) is 11.6 Å². The van der Waals surface area contributed by atoms with E-state index >= 15 is 0 Å². The largest absolute Gasteiger partial charge is 0.394 e. The zero-order chi connectivity index (χ0) is 23.1. The zero-order valence-electron chi connectivity index (χ0n) is 17.1. The van der Waals surface area contributed by atoms with Crippen molar-refractivity contribution in [3.05, 3.63) is 70.3 Å². The molecule has 0 spiro atoms. The molecule has 2 rings (SSSR count). The summed E-state index contributed by atoms with van der Waals surface area (Å²) in [5.74, 6) is 0. The van der Waals surface area contributed by atoms with Crippen LogP contribution in [0.4, 0.5) is 0 Å². The fraction of sp³-hybridized carbons (Fsp3) is 0.429. The van der Waals surface area contributed by atoms with E-state index in [0.29, 0.717) is 23.6 Å². The Morgan fingerprint density at radius 3 is 2.39 bits per heavy atom. The van der Waals surface area contributed by atoms with Gasteiger partial charge in [0.1, 0.15) is 30.5 Å². The van der Waals surface area contributed by atoms with Crippen molar-refractivity contribution in [2.24, 2.45) is 5.14 Å². The van der Waals surface area contributed by atoms with E-state index in [2.05, 4.69) is 11.3 Å². The lowest BCUT2D eigenvalue weighted by atomic mass is 9.91. The fourth-order valence-corrected chi connectivity index (χ4v) is 3.58. The van der Waals surface area contributed by atoms with Gasteiger partial charge in [-0.3, -0.25) is 0 Å². The highest BCUT2D eigenvalue weighted by Gasteiger charge is 2.43. The predicted octanol–water partition coefficient (Wildman–Crippen LogP) is 0.324. The van der Waals surface area contributed by atoms with E-state index in [1.807, 2.05) is 31.2 Å². The molecular formula is C21H29ClN2O6S. The van der Waals surface area contributed by atoms with Crippen LogP contribution in [0, 0.1) is 0 Å². The van der Waals surface area contributed by atoms with Crippen molar-refractivity contribution in [1.29, 1.82) is 0 Å². The minimum atomic E-state index is -1.56. The van der Waals surface area contributed by atoms with Crippen LogP contribution in [-0.4, -0.2) is 61.8 Å². The Hall–Kier alpha value is -1.40. The average Bonchev–Trinajstić information content (AvgIpc) is 2.75. The normalized spacial score (nSPS) is 28.4. The molecule has 0 aliphatic carbocycles. The van der Waals surface area contributed by atoms with Crippen molar-refractivity contribution in [3.63, 3.8) is 0 Å². The number of aliphatic hydroxyl groups excluding tert-OH is 4. The Kier molecular flexibility index (Phi) is 10.0. The summed E-state index contributed by atoms with van der Waals surface area (Å²) in [5.41, 5.74) is 3.23. The lowest BCUT2D eigenvalue weighted by Gasteiger charge is -2.40. The van der Waals surface area contributed by atoms with Crippen molar-refractivity contribution in [2.45, 2.75) is 50.4 Å². The number of rotatable bonds is 9. The van der Waals surface area contributed by atoms with E-state index in [-0.39, 0.29) is 0 Å². The second-order valence-electron chi connectivity index (χ2n) is 7.40. The molecule has 10 heteroatoms. The van der Waals surface area contributed by atoms with Crippen LogP contribution in [-0.2, 0) is 28.9 Å². The number of nitrogens with one attached hydrogen (secondary N) is 1. The van der Waals surface area contributed by atoms with Gasteiger partial charge in [0.25, 0.3) is 0 Å². The van der Waals surface area contributed by atoms with Crippen LogP contribution in [0.5, 0.6) is 0 Å². The number of aliphatic hydroxyl groups is 4. The molecule has 172 valence electrons. The molecule has 0 amide bonds. The van der Waals surface area contributed by atoms with Crippen LogP contribution in [0.3, 0.4) is 0 Å². The van der Waals surface area contributed by atoms with E-state index < -0.39 is 48.3 Å². The third kappa shape index (κ3) is 7.31. The smallest absolute Gasteiger partial charge is 0.164 e. The third-order valence-electron chi connectivity index (χ3n) is 5.02. The number of benzene rings is 1. The van der Waals surface area contributed by atoms with Crippen LogP contribution in [0.1, 0.15) is 18.1 Å². The van der Waals surface area contributed by atoms with Gasteiger partial charge in [-0.1, -0.05) is 54.1 Å². The van der Waals surface area contributed by atoms with Crippen LogP contribution < -0.4 is 9.86 Å². The van der Waals surface area contributed by atoms with E-state index in [1.165, 1.54) is 0 Å². The van der Waals surface area contributed by atoms with Crippen molar-refractivity contribution in [1.82, 2.24) is 4.72 Å². The van der Waals surface area contributed by atoms with Gasteiger partial charge < -0.3 is 25.2 Å². The highest BCUT2D eigenvalue weighted by Crippen LogP contribution is 2.26. The predicted molar refractivity (Wildman–Crippen MR) is 120 cm³/mol. The van der Waals surface area contributed by atoms with Gasteiger partial charge in [-0.15, -0.1) is 0 Å². The third-order valence-corrected chi connectivity index (χ3v) is 5.90. The summed E-state index contributed by atoms with van der Waals surface area (Å²) >= 11 is 4.83. The molecule has 0 bridgehead atoms. The molecule has 1 aromatic rings. The summed E-state index contributed by atoms with van der Waals surface area (Å²) in [4.78, 5) is 0. The standard InChI is InChI=1S/C21H29ClN2O6S/c1-12(21-20(28)19(27)18(26)17(11-25)30-21)3-8-16(22)13(2)9-14-4-6-15(7-5-14)10-24-31(23)29/h3-8,17-21,24-28H,1,9-11,23H2,2H3/b8-3-,16-13-/t17-,18-,19+,20-,21+,31?/m1/s1. The van der Waals surface area contributed by atoms with E-state index in [4.69, 9.17) is 21.5 Å². The molecule has 0 radical (unpaired) electrons. The molecule has 1 saturated heterocycles. The lowest BCUT2D eigenvalue weighted by molar-refractivity contribution is -0.218. The number of nitrogens with two attached hydrogens (primary N) is 1. The van der Waals surface area contributed by atoms with Gasteiger partial charge in [-0.2, -0.15) is 0 Å². The van der Waals surface area contributed by atoms with Gasteiger partial charge in [0.15, 0.2) is 11.2 Å². The topological polar surface area (TPSA) is 145 Å². The monoisotopic (exact) mass is 472 g/mol. The number of hydrogen-bond acceptors (Lipinski definition) is 6. The first-order valence-corrected chi connectivity index (χ1v) is 11.2. The molecule has 1 unspecified atom stereocenters. The summed E-state index contributed by atoms with van der Waals surface area (Å²) in [5, 5.41) is 44.9. The van der Waals surface area contributed by atoms with Crippen molar-refractivity contribution in [3.8, 4) is 0 Å². The number of halogens is 1. The van der Waals surface area contributed by atoms with Crippen LogP contribution in [0.25, 0.3) is 0 Å². The molecule has 1 fully saturated rings. The van der Waals surface area contributed by atoms with Gasteiger partial charge in [-0.25, -0.2) is 14.1 Å². The summed E-state index contributed by atoms with van der Waals surface area (Å²) in [6.45, 7) is 5.63. The maximum absolute atomic E-state index is 10.9. The zero-order valence-corrected chi connectivity index (χ0v) is 18.7. The number of hydrogen-bond donors (Lipinski definition) is 6. The Bertz CT molecular complexity index is 843. The molecule has 1 aliphatic rings. The second kappa shape index (κ2) is 12.0.